The Morgan fingerprint density at radius 2 is 1.75 bits per heavy atom. The van der Waals surface area contributed by atoms with E-state index in [9.17, 15) is 9.18 Å². The van der Waals surface area contributed by atoms with E-state index in [1.807, 2.05) is 4.90 Å². The summed E-state index contributed by atoms with van der Waals surface area (Å²) in [6, 6.07) is 6.30. The van der Waals surface area contributed by atoms with Crippen LogP contribution in [0, 0.1) is 5.82 Å². The monoisotopic (exact) mass is 278 g/mol. The highest BCUT2D eigenvalue weighted by Gasteiger charge is 2.20. The Morgan fingerprint density at radius 3 is 2.30 bits per heavy atom. The molecule has 0 spiro atoms. The summed E-state index contributed by atoms with van der Waals surface area (Å²) in [5.74, 6) is -0.110. The highest BCUT2D eigenvalue weighted by atomic mass is 19.1. The summed E-state index contributed by atoms with van der Waals surface area (Å²) in [6.07, 6.45) is 5.03. The maximum atomic E-state index is 12.9. The summed E-state index contributed by atoms with van der Waals surface area (Å²) in [5.41, 5.74) is 6.73. The molecule has 1 aromatic carbocycles. The molecule has 3 nitrogen and oxygen atoms in total. The van der Waals surface area contributed by atoms with E-state index in [-0.39, 0.29) is 17.6 Å². The van der Waals surface area contributed by atoms with Crippen molar-refractivity contribution in [3.8, 4) is 0 Å². The Bertz CT molecular complexity index is 425. The molecule has 0 bridgehead atoms. The van der Waals surface area contributed by atoms with Gasteiger partial charge in [-0.1, -0.05) is 25.0 Å². The molecule has 1 fully saturated rings. The number of nitrogens with zero attached hydrogens (tertiary/aromatic N) is 1. The Labute approximate surface area is 120 Å². The predicted octanol–water partition coefficient (Wildman–Crippen LogP) is 2.66. The van der Waals surface area contributed by atoms with Crippen LogP contribution in [-0.2, 0) is 4.79 Å². The molecule has 1 aliphatic rings. The van der Waals surface area contributed by atoms with Crippen LogP contribution in [0.5, 0.6) is 0 Å². The molecule has 2 N–H and O–H groups in total. The number of carbonyl (C=O) groups excluding carboxylic acids is 1. The molecule has 110 valence electrons. The van der Waals surface area contributed by atoms with Crippen molar-refractivity contribution in [3.63, 3.8) is 0 Å². The number of nitrogens with two attached hydrogens (primary N) is 1. The fraction of sp³-hybridized carbons (Fsp3) is 0.562. The van der Waals surface area contributed by atoms with Crippen LogP contribution in [0.2, 0.25) is 0 Å². The highest BCUT2D eigenvalue weighted by Crippen LogP contribution is 2.21. The maximum Gasteiger partial charge on any atom is 0.223 e. The first-order valence-corrected chi connectivity index (χ1v) is 7.44. The third kappa shape index (κ3) is 4.04. The van der Waals surface area contributed by atoms with Gasteiger partial charge < -0.3 is 10.6 Å². The van der Waals surface area contributed by atoms with Gasteiger partial charge in [0.25, 0.3) is 0 Å². The van der Waals surface area contributed by atoms with Gasteiger partial charge in [0, 0.05) is 25.4 Å². The lowest BCUT2D eigenvalue weighted by atomic mass is 9.95. The zero-order chi connectivity index (χ0) is 14.4. The molecule has 0 aromatic heterocycles. The van der Waals surface area contributed by atoms with Gasteiger partial charge in [0.05, 0.1) is 0 Å². The lowest BCUT2D eigenvalue weighted by Gasteiger charge is -2.23. The number of halogens is 1. The van der Waals surface area contributed by atoms with E-state index < -0.39 is 0 Å². The molecule has 0 aliphatic carbocycles. The van der Waals surface area contributed by atoms with Crippen LogP contribution in [0.25, 0.3) is 0 Å². The summed E-state index contributed by atoms with van der Waals surface area (Å²) >= 11 is 0. The molecule has 20 heavy (non-hydrogen) atoms. The van der Waals surface area contributed by atoms with Crippen molar-refractivity contribution in [1.82, 2.24) is 4.90 Å². The minimum absolute atomic E-state index is 0.0219. The minimum Gasteiger partial charge on any atom is -0.343 e. The lowest BCUT2D eigenvalue weighted by Crippen LogP contribution is -2.33. The van der Waals surface area contributed by atoms with Crippen molar-refractivity contribution in [2.45, 2.75) is 38.0 Å². The number of likely N-dealkylation sites (tertiary alicyclic amines) is 1. The fourth-order valence-electron chi connectivity index (χ4n) is 2.73. The van der Waals surface area contributed by atoms with Gasteiger partial charge >= 0.3 is 0 Å². The lowest BCUT2D eigenvalue weighted by molar-refractivity contribution is -0.131. The van der Waals surface area contributed by atoms with Crippen LogP contribution >= 0.6 is 0 Å². The van der Waals surface area contributed by atoms with E-state index in [1.54, 1.807) is 12.1 Å². The molecule has 2 rings (SSSR count). The Hall–Kier alpha value is -1.42. The number of carbonyl (C=O) groups is 1. The van der Waals surface area contributed by atoms with Crippen LogP contribution in [0.1, 0.15) is 43.6 Å². The molecule has 1 aliphatic heterocycles. The van der Waals surface area contributed by atoms with E-state index >= 15 is 0 Å². The second kappa shape index (κ2) is 7.39. The predicted molar refractivity (Wildman–Crippen MR) is 77.9 cm³/mol. The van der Waals surface area contributed by atoms with Crippen LogP contribution in [0.3, 0.4) is 0 Å². The summed E-state index contributed by atoms with van der Waals surface area (Å²) in [7, 11) is 0. The second-order valence-corrected chi connectivity index (χ2v) is 5.48. The summed E-state index contributed by atoms with van der Waals surface area (Å²) in [5, 5.41) is 0. The third-order valence-corrected chi connectivity index (χ3v) is 4.01. The van der Waals surface area contributed by atoms with E-state index in [0.29, 0.717) is 13.0 Å². The first kappa shape index (κ1) is 15.0. The van der Waals surface area contributed by atoms with Crippen LogP contribution < -0.4 is 5.73 Å². The Balaban J connectivity index is 1.98. The molecule has 1 heterocycles. The molecule has 1 saturated heterocycles. The molecule has 0 radical (unpaired) electrons. The smallest absolute Gasteiger partial charge is 0.223 e. The average molecular weight is 278 g/mol. The standard InChI is InChI=1S/C16H23FN2O/c17-15-7-5-13(6-8-15)14(12-18)11-16(20)19-9-3-1-2-4-10-19/h5-8,14H,1-4,9-12,18H2. The van der Waals surface area contributed by atoms with Gasteiger partial charge in [0.1, 0.15) is 5.82 Å². The second-order valence-electron chi connectivity index (χ2n) is 5.48. The minimum atomic E-state index is -0.261. The maximum absolute atomic E-state index is 12.9. The van der Waals surface area contributed by atoms with Gasteiger partial charge in [0.15, 0.2) is 0 Å². The quantitative estimate of drug-likeness (QED) is 0.920. The number of benzene rings is 1. The van der Waals surface area contributed by atoms with Gasteiger partial charge in [-0.25, -0.2) is 4.39 Å². The first-order chi connectivity index (χ1) is 9.70. The zero-order valence-electron chi connectivity index (χ0n) is 11.9. The highest BCUT2D eigenvalue weighted by molar-refractivity contribution is 5.77. The summed E-state index contributed by atoms with van der Waals surface area (Å²) < 4.78 is 12.9. The van der Waals surface area contributed by atoms with Crippen molar-refractivity contribution in [3.05, 3.63) is 35.6 Å². The van der Waals surface area contributed by atoms with E-state index in [1.165, 1.54) is 25.0 Å². The molecular formula is C16H23FN2O. The van der Waals surface area contributed by atoms with Gasteiger partial charge in [0.2, 0.25) is 5.91 Å². The van der Waals surface area contributed by atoms with Crippen LogP contribution in [0.15, 0.2) is 24.3 Å². The summed E-state index contributed by atoms with van der Waals surface area (Å²) in [6.45, 7) is 2.13. The SMILES string of the molecule is NCC(CC(=O)N1CCCCCC1)c1ccc(F)cc1. The molecule has 0 saturated carbocycles. The van der Waals surface area contributed by atoms with Crippen molar-refractivity contribution in [1.29, 1.82) is 0 Å². The summed E-state index contributed by atoms with van der Waals surface area (Å²) in [4.78, 5) is 14.3. The van der Waals surface area contributed by atoms with Crippen molar-refractivity contribution in [2.75, 3.05) is 19.6 Å². The number of hydrogen-bond acceptors (Lipinski definition) is 2. The van der Waals surface area contributed by atoms with Crippen molar-refractivity contribution < 1.29 is 9.18 Å². The largest absolute Gasteiger partial charge is 0.343 e. The molecule has 4 heteroatoms. The van der Waals surface area contributed by atoms with Crippen LogP contribution in [0.4, 0.5) is 4.39 Å². The van der Waals surface area contributed by atoms with Crippen molar-refractivity contribution in [2.24, 2.45) is 5.73 Å². The zero-order valence-corrected chi connectivity index (χ0v) is 11.9. The van der Waals surface area contributed by atoms with Gasteiger partial charge in [-0.2, -0.15) is 0 Å². The first-order valence-electron chi connectivity index (χ1n) is 7.44. The van der Waals surface area contributed by atoms with E-state index in [0.717, 1.165) is 31.5 Å². The third-order valence-electron chi connectivity index (χ3n) is 4.01. The normalized spacial score (nSPS) is 17.6. The average Bonchev–Trinajstić information content (AvgIpc) is 2.75. The molecular weight excluding hydrogens is 255 g/mol. The number of amides is 1. The molecule has 1 atom stereocenters. The Kier molecular flexibility index (Phi) is 5.53. The van der Waals surface area contributed by atoms with Gasteiger partial charge in [-0.05, 0) is 37.1 Å². The van der Waals surface area contributed by atoms with Gasteiger partial charge in [-0.15, -0.1) is 0 Å². The number of hydrogen-bond donors (Lipinski definition) is 1. The fourth-order valence-corrected chi connectivity index (χ4v) is 2.73. The van der Waals surface area contributed by atoms with E-state index in [4.69, 9.17) is 5.73 Å². The van der Waals surface area contributed by atoms with Crippen LogP contribution in [-0.4, -0.2) is 30.4 Å². The van der Waals surface area contributed by atoms with Crippen molar-refractivity contribution >= 4 is 5.91 Å². The van der Waals surface area contributed by atoms with E-state index in [2.05, 4.69) is 0 Å². The molecule has 1 aromatic rings. The number of rotatable bonds is 4. The topological polar surface area (TPSA) is 46.3 Å². The molecule has 1 unspecified atom stereocenters. The van der Waals surface area contributed by atoms with Gasteiger partial charge in [-0.3, -0.25) is 4.79 Å². The molecule has 1 amide bonds. The Morgan fingerprint density at radius 1 is 1.15 bits per heavy atom.